The molecule has 1 aliphatic carbocycles. The van der Waals surface area contributed by atoms with Crippen molar-refractivity contribution in [3.63, 3.8) is 0 Å². The van der Waals surface area contributed by atoms with Gasteiger partial charge in [-0.1, -0.05) is 13.8 Å². The predicted octanol–water partition coefficient (Wildman–Crippen LogP) is 1.71. The fraction of sp³-hybridized carbons (Fsp3) is 0.769. The van der Waals surface area contributed by atoms with E-state index in [2.05, 4.69) is 44.2 Å². The van der Waals surface area contributed by atoms with E-state index >= 15 is 0 Å². The van der Waals surface area contributed by atoms with Crippen molar-refractivity contribution in [3.05, 3.63) is 18.0 Å². The minimum atomic E-state index is -0.173. The average Bonchev–Trinajstić information content (AvgIpc) is 2.72. The molecule has 4 heteroatoms. The molecule has 1 aliphatic rings. The molecule has 0 saturated heterocycles. The van der Waals surface area contributed by atoms with Crippen LogP contribution >= 0.6 is 0 Å². The number of aliphatic hydroxyl groups excluding tert-OH is 1. The Morgan fingerprint density at radius 1 is 1.59 bits per heavy atom. The zero-order valence-electron chi connectivity index (χ0n) is 11.1. The lowest BCUT2D eigenvalue weighted by molar-refractivity contribution is -0.0730. The summed E-state index contributed by atoms with van der Waals surface area (Å²) in [6, 6.07) is 2.85. The maximum atomic E-state index is 9.66. The van der Waals surface area contributed by atoms with Crippen LogP contribution in [-0.4, -0.2) is 27.0 Å². The van der Waals surface area contributed by atoms with Gasteiger partial charge in [0.05, 0.1) is 11.8 Å². The van der Waals surface area contributed by atoms with Crippen LogP contribution < -0.4 is 5.32 Å². The molecule has 2 atom stereocenters. The molecule has 96 valence electrons. The second kappa shape index (κ2) is 4.42. The van der Waals surface area contributed by atoms with Crippen LogP contribution in [0.15, 0.2) is 12.3 Å². The van der Waals surface area contributed by atoms with Crippen LogP contribution in [0, 0.1) is 5.41 Å². The first kappa shape index (κ1) is 12.6. The average molecular weight is 237 g/mol. The minimum absolute atomic E-state index is 0.0133. The molecule has 0 amide bonds. The molecule has 1 saturated carbocycles. The third-order valence-electron chi connectivity index (χ3n) is 3.94. The monoisotopic (exact) mass is 237 g/mol. The molecule has 0 aromatic carbocycles. The van der Waals surface area contributed by atoms with E-state index in [4.69, 9.17) is 0 Å². The van der Waals surface area contributed by atoms with Crippen LogP contribution in [0.3, 0.4) is 0 Å². The fourth-order valence-electron chi connectivity index (χ4n) is 2.24. The Labute approximate surface area is 103 Å². The first-order chi connectivity index (χ1) is 7.91. The standard InChI is InChI=1S/C13H23N3O/c1-9(2)16-6-5-10(15-16)8-14-11-7-12(17)13(11,3)4/h5-6,9,11-12,14,17H,7-8H2,1-4H3. The summed E-state index contributed by atoms with van der Waals surface area (Å²) in [7, 11) is 0. The molecule has 4 nitrogen and oxygen atoms in total. The van der Waals surface area contributed by atoms with Crippen LogP contribution in [0.5, 0.6) is 0 Å². The molecule has 1 heterocycles. The molecule has 17 heavy (non-hydrogen) atoms. The van der Waals surface area contributed by atoms with Crippen molar-refractivity contribution < 1.29 is 5.11 Å². The van der Waals surface area contributed by atoms with E-state index in [1.807, 2.05) is 10.9 Å². The fourth-order valence-corrected chi connectivity index (χ4v) is 2.24. The van der Waals surface area contributed by atoms with Gasteiger partial charge in [-0.05, 0) is 26.3 Å². The molecule has 0 spiro atoms. The SMILES string of the molecule is CC(C)n1ccc(CNC2CC(O)C2(C)C)n1. The van der Waals surface area contributed by atoms with Crippen molar-refractivity contribution in [2.24, 2.45) is 5.41 Å². The van der Waals surface area contributed by atoms with Gasteiger partial charge in [0.15, 0.2) is 0 Å². The highest BCUT2D eigenvalue weighted by Crippen LogP contribution is 2.40. The summed E-state index contributed by atoms with van der Waals surface area (Å²) < 4.78 is 1.97. The highest BCUT2D eigenvalue weighted by atomic mass is 16.3. The molecule has 0 radical (unpaired) electrons. The number of hydrogen-bond donors (Lipinski definition) is 2. The van der Waals surface area contributed by atoms with Gasteiger partial charge in [-0.15, -0.1) is 0 Å². The van der Waals surface area contributed by atoms with Gasteiger partial charge in [0.25, 0.3) is 0 Å². The van der Waals surface area contributed by atoms with Gasteiger partial charge in [0.1, 0.15) is 0 Å². The smallest absolute Gasteiger partial charge is 0.0762 e. The number of hydrogen-bond acceptors (Lipinski definition) is 3. The molecule has 2 N–H and O–H groups in total. The van der Waals surface area contributed by atoms with Crippen LogP contribution in [0.4, 0.5) is 0 Å². The van der Waals surface area contributed by atoms with Crippen LogP contribution in [0.25, 0.3) is 0 Å². The number of nitrogens with zero attached hydrogens (tertiary/aromatic N) is 2. The van der Waals surface area contributed by atoms with E-state index in [1.54, 1.807) is 0 Å². The second-order valence-electron chi connectivity index (χ2n) is 5.89. The number of aromatic nitrogens is 2. The third kappa shape index (κ3) is 2.38. The van der Waals surface area contributed by atoms with E-state index in [0.29, 0.717) is 12.1 Å². The lowest BCUT2D eigenvalue weighted by atomic mass is 9.64. The van der Waals surface area contributed by atoms with Gasteiger partial charge in [0, 0.05) is 30.2 Å². The van der Waals surface area contributed by atoms with Crippen molar-refractivity contribution in [1.82, 2.24) is 15.1 Å². The Kier molecular flexibility index (Phi) is 3.27. The van der Waals surface area contributed by atoms with Crippen molar-refractivity contribution >= 4 is 0 Å². The maximum absolute atomic E-state index is 9.66. The van der Waals surface area contributed by atoms with Gasteiger partial charge in [0.2, 0.25) is 0 Å². The number of aliphatic hydroxyl groups is 1. The summed E-state index contributed by atoms with van der Waals surface area (Å²) in [5, 5.41) is 17.6. The van der Waals surface area contributed by atoms with Gasteiger partial charge in [-0.3, -0.25) is 4.68 Å². The predicted molar refractivity (Wildman–Crippen MR) is 67.6 cm³/mol. The molecule has 0 aliphatic heterocycles. The van der Waals surface area contributed by atoms with E-state index in [1.165, 1.54) is 0 Å². The highest BCUT2D eigenvalue weighted by Gasteiger charge is 2.46. The number of nitrogens with one attached hydrogen (secondary N) is 1. The topological polar surface area (TPSA) is 50.1 Å². The minimum Gasteiger partial charge on any atom is -0.392 e. The Morgan fingerprint density at radius 2 is 2.29 bits per heavy atom. The number of rotatable bonds is 4. The molecular weight excluding hydrogens is 214 g/mol. The molecule has 2 unspecified atom stereocenters. The molecule has 1 fully saturated rings. The van der Waals surface area contributed by atoms with Crippen molar-refractivity contribution in [2.75, 3.05) is 0 Å². The Morgan fingerprint density at radius 3 is 2.76 bits per heavy atom. The molecule has 0 bridgehead atoms. The first-order valence-corrected chi connectivity index (χ1v) is 6.36. The zero-order valence-corrected chi connectivity index (χ0v) is 11.1. The summed E-state index contributed by atoms with van der Waals surface area (Å²) in [5.41, 5.74) is 1.05. The molecule has 1 aromatic rings. The Balaban J connectivity index is 1.86. The Bertz CT molecular complexity index is 384. The normalized spacial score (nSPS) is 27.2. The summed E-state index contributed by atoms with van der Waals surface area (Å²) in [4.78, 5) is 0. The van der Waals surface area contributed by atoms with Gasteiger partial charge < -0.3 is 10.4 Å². The van der Waals surface area contributed by atoms with Crippen LogP contribution in [-0.2, 0) is 6.54 Å². The third-order valence-corrected chi connectivity index (χ3v) is 3.94. The molecular formula is C13H23N3O. The first-order valence-electron chi connectivity index (χ1n) is 6.36. The lowest BCUT2D eigenvalue weighted by Gasteiger charge is -2.49. The molecule has 2 rings (SSSR count). The van der Waals surface area contributed by atoms with E-state index in [0.717, 1.165) is 18.7 Å². The van der Waals surface area contributed by atoms with Crippen molar-refractivity contribution in [2.45, 2.75) is 58.8 Å². The van der Waals surface area contributed by atoms with Crippen molar-refractivity contribution in [1.29, 1.82) is 0 Å². The highest BCUT2D eigenvalue weighted by molar-refractivity contribution is 5.05. The van der Waals surface area contributed by atoms with E-state index in [-0.39, 0.29) is 11.5 Å². The van der Waals surface area contributed by atoms with Crippen LogP contribution in [0.1, 0.15) is 45.9 Å². The lowest BCUT2D eigenvalue weighted by Crippen LogP contribution is -2.59. The maximum Gasteiger partial charge on any atom is 0.0762 e. The van der Waals surface area contributed by atoms with E-state index < -0.39 is 0 Å². The summed E-state index contributed by atoms with van der Waals surface area (Å²) in [6.07, 6.45) is 2.69. The summed E-state index contributed by atoms with van der Waals surface area (Å²) in [5.74, 6) is 0. The molecule has 1 aromatic heterocycles. The van der Waals surface area contributed by atoms with Gasteiger partial charge in [-0.2, -0.15) is 5.10 Å². The van der Waals surface area contributed by atoms with Crippen LogP contribution in [0.2, 0.25) is 0 Å². The van der Waals surface area contributed by atoms with Gasteiger partial charge in [-0.25, -0.2) is 0 Å². The summed E-state index contributed by atoms with van der Waals surface area (Å²) >= 11 is 0. The second-order valence-corrected chi connectivity index (χ2v) is 5.89. The van der Waals surface area contributed by atoms with E-state index in [9.17, 15) is 5.11 Å². The van der Waals surface area contributed by atoms with Crippen molar-refractivity contribution in [3.8, 4) is 0 Å². The zero-order chi connectivity index (χ0) is 12.6. The van der Waals surface area contributed by atoms with Gasteiger partial charge >= 0.3 is 0 Å². The largest absolute Gasteiger partial charge is 0.392 e. The summed E-state index contributed by atoms with van der Waals surface area (Å²) in [6.45, 7) is 9.23. The quantitative estimate of drug-likeness (QED) is 0.838. The Hall–Kier alpha value is -0.870.